The highest BCUT2D eigenvalue weighted by Crippen LogP contribution is 2.35. The summed E-state index contributed by atoms with van der Waals surface area (Å²) < 4.78 is 4.79. The molecule has 7 nitrogen and oxygen atoms in total. The van der Waals surface area contributed by atoms with Crippen molar-refractivity contribution in [3.05, 3.63) is 57.5 Å². The van der Waals surface area contributed by atoms with E-state index in [2.05, 4.69) is 0 Å². The standard InChI is InChI=1S/C16H16N2O5S/c1-2-23-15(20)10-14(19)17(11-12-6-4-3-5-7-12)16-13(18(21)22)8-9-24-16/h3-9H,2,10-11H2,1H3. The lowest BCUT2D eigenvalue weighted by Gasteiger charge is -2.20. The molecule has 0 aliphatic rings. The zero-order chi connectivity index (χ0) is 17.5. The van der Waals surface area contributed by atoms with Gasteiger partial charge in [0.25, 0.3) is 0 Å². The number of hydrogen-bond donors (Lipinski definition) is 0. The Hall–Kier alpha value is -2.74. The zero-order valence-electron chi connectivity index (χ0n) is 13.0. The summed E-state index contributed by atoms with van der Waals surface area (Å²) >= 11 is 1.09. The maximum absolute atomic E-state index is 12.5. The molecule has 0 aliphatic heterocycles. The summed E-state index contributed by atoms with van der Waals surface area (Å²) in [4.78, 5) is 36.0. The van der Waals surface area contributed by atoms with Gasteiger partial charge in [-0.05, 0) is 17.9 Å². The van der Waals surface area contributed by atoms with Gasteiger partial charge in [-0.1, -0.05) is 30.3 Å². The molecular formula is C16H16N2O5S. The van der Waals surface area contributed by atoms with E-state index in [1.54, 1.807) is 12.3 Å². The van der Waals surface area contributed by atoms with Crippen molar-refractivity contribution in [2.45, 2.75) is 19.9 Å². The second-order valence-electron chi connectivity index (χ2n) is 4.82. The van der Waals surface area contributed by atoms with Gasteiger partial charge in [-0.25, -0.2) is 0 Å². The smallest absolute Gasteiger partial charge is 0.315 e. The number of nitro groups is 1. The van der Waals surface area contributed by atoms with Crippen molar-refractivity contribution >= 4 is 33.9 Å². The number of nitrogens with zero attached hydrogens (tertiary/aromatic N) is 2. The van der Waals surface area contributed by atoms with Crippen LogP contribution >= 0.6 is 11.3 Å². The molecule has 0 N–H and O–H groups in total. The summed E-state index contributed by atoms with van der Waals surface area (Å²) in [6.07, 6.45) is -0.463. The van der Waals surface area contributed by atoms with Crippen molar-refractivity contribution in [1.29, 1.82) is 0 Å². The molecule has 8 heteroatoms. The quantitative estimate of drug-likeness (QED) is 0.332. The largest absolute Gasteiger partial charge is 0.466 e. The second-order valence-corrected chi connectivity index (χ2v) is 5.71. The van der Waals surface area contributed by atoms with Gasteiger partial charge in [0, 0.05) is 6.07 Å². The fourth-order valence-electron chi connectivity index (χ4n) is 2.11. The molecule has 0 saturated heterocycles. The van der Waals surface area contributed by atoms with Gasteiger partial charge in [0.2, 0.25) is 5.91 Å². The number of amides is 1. The van der Waals surface area contributed by atoms with Gasteiger partial charge >= 0.3 is 11.7 Å². The molecule has 2 rings (SSSR count). The van der Waals surface area contributed by atoms with E-state index in [0.29, 0.717) is 0 Å². The molecule has 1 aromatic carbocycles. The van der Waals surface area contributed by atoms with Crippen LogP contribution in [-0.4, -0.2) is 23.4 Å². The Balaban J connectivity index is 2.30. The lowest BCUT2D eigenvalue weighted by molar-refractivity contribution is -0.383. The Morgan fingerprint density at radius 2 is 1.96 bits per heavy atom. The molecule has 126 valence electrons. The van der Waals surface area contributed by atoms with E-state index in [1.807, 2.05) is 30.3 Å². The van der Waals surface area contributed by atoms with E-state index in [9.17, 15) is 19.7 Å². The lowest BCUT2D eigenvalue weighted by atomic mass is 10.2. The number of ether oxygens (including phenoxy) is 1. The van der Waals surface area contributed by atoms with Crippen molar-refractivity contribution < 1.29 is 19.2 Å². The fraction of sp³-hybridized carbons (Fsp3) is 0.250. The Labute approximate surface area is 142 Å². The van der Waals surface area contributed by atoms with Gasteiger partial charge in [-0.15, -0.1) is 11.3 Å². The zero-order valence-corrected chi connectivity index (χ0v) is 13.8. The molecule has 0 atom stereocenters. The third-order valence-corrected chi connectivity index (χ3v) is 4.08. The predicted octanol–water partition coefficient (Wildman–Crippen LogP) is 3.14. The van der Waals surface area contributed by atoms with Crippen LogP contribution in [-0.2, 0) is 20.9 Å². The SMILES string of the molecule is CCOC(=O)CC(=O)N(Cc1ccccc1)c1sccc1[N+](=O)[O-]. The van der Waals surface area contributed by atoms with Crippen LogP contribution in [0.25, 0.3) is 0 Å². The van der Waals surface area contributed by atoms with E-state index in [4.69, 9.17) is 4.74 Å². The molecule has 1 aromatic heterocycles. The minimum absolute atomic E-state index is 0.139. The first-order valence-electron chi connectivity index (χ1n) is 7.24. The number of anilines is 1. The van der Waals surface area contributed by atoms with E-state index in [0.717, 1.165) is 16.9 Å². The molecule has 0 bridgehead atoms. The summed E-state index contributed by atoms with van der Waals surface area (Å²) in [6, 6.07) is 10.4. The summed E-state index contributed by atoms with van der Waals surface area (Å²) in [7, 11) is 0. The van der Waals surface area contributed by atoms with Crippen molar-refractivity contribution in [2.75, 3.05) is 11.5 Å². The van der Waals surface area contributed by atoms with Crippen LogP contribution < -0.4 is 4.90 Å². The molecule has 0 unspecified atom stereocenters. The normalized spacial score (nSPS) is 10.2. The first kappa shape index (κ1) is 17.6. The van der Waals surface area contributed by atoms with Gasteiger partial charge < -0.3 is 4.74 Å². The fourth-order valence-corrected chi connectivity index (χ4v) is 2.99. The van der Waals surface area contributed by atoms with Gasteiger partial charge in [0.05, 0.1) is 18.1 Å². The van der Waals surface area contributed by atoms with Crippen molar-refractivity contribution in [3.8, 4) is 0 Å². The lowest BCUT2D eigenvalue weighted by Crippen LogP contribution is -2.32. The van der Waals surface area contributed by atoms with Gasteiger partial charge in [-0.2, -0.15) is 0 Å². The average molecular weight is 348 g/mol. The highest BCUT2D eigenvalue weighted by molar-refractivity contribution is 7.15. The average Bonchev–Trinajstić information content (AvgIpc) is 3.03. The molecule has 0 radical (unpaired) electrons. The van der Waals surface area contributed by atoms with Crippen LogP contribution in [0.4, 0.5) is 10.7 Å². The summed E-state index contributed by atoms with van der Waals surface area (Å²) in [5.41, 5.74) is 0.644. The van der Waals surface area contributed by atoms with Crippen LogP contribution in [0, 0.1) is 10.1 Å². The molecule has 24 heavy (non-hydrogen) atoms. The number of benzene rings is 1. The third-order valence-electron chi connectivity index (χ3n) is 3.15. The first-order chi connectivity index (χ1) is 11.5. The van der Waals surface area contributed by atoms with Crippen molar-refractivity contribution in [2.24, 2.45) is 0 Å². The molecule has 0 fully saturated rings. The van der Waals surface area contributed by atoms with Crippen molar-refractivity contribution in [1.82, 2.24) is 0 Å². The van der Waals surface area contributed by atoms with Crippen LogP contribution in [0.5, 0.6) is 0 Å². The number of thiophene rings is 1. The second kappa shape index (κ2) is 8.21. The highest BCUT2D eigenvalue weighted by Gasteiger charge is 2.27. The van der Waals surface area contributed by atoms with Gasteiger partial charge in [-0.3, -0.25) is 24.6 Å². The van der Waals surface area contributed by atoms with E-state index < -0.39 is 23.2 Å². The molecule has 0 aliphatic carbocycles. The van der Waals surface area contributed by atoms with E-state index in [-0.39, 0.29) is 23.8 Å². The number of carbonyl (C=O) groups is 2. The molecule has 1 heterocycles. The number of carbonyl (C=O) groups excluding carboxylic acids is 2. The highest BCUT2D eigenvalue weighted by atomic mass is 32.1. The predicted molar refractivity (Wildman–Crippen MR) is 89.9 cm³/mol. The molecular weight excluding hydrogens is 332 g/mol. The van der Waals surface area contributed by atoms with Crippen molar-refractivity contribution in [3.63, 3.8) is 0 Å². The Bertz CT molecular complexity index is 729. The summed E-state index contributed by atoms with van der Waals surface area (Å²) in [5, 5.41) is 12.9. The topological polar surface area (TPSA) is 89.8 Å². The molecule has 2 aromatic rings. The Morgan fingerprint density at radius 1 is 1.25 bits per heavy atom. The summed E-state index contributed by atoms with van der Waals surface area (Å²) in [6.45, 7) is 1.96. The van der Waals surface area contributed by atoms with E-state index >= 15 is 0 Å². The maximum Gasteiger partial charge on any atom is 0.315 e. The Morgan fingerprint density at radius 3 is 2.58 bits per heavy atom. The monoisotopic (exact) mass is 348 g/mol. The summed E-state index contributed by atoms with van der Waals surface area (Å²) in [5.74, 6) is -1.19. The third kappa shape index (κ3) is 4.39. The van der Waals surface area contributed by atoms with Gasteiger partial charge in [0.1, 0.15) is 6.42 Å². The minimum atomic E-state index is -0.653. The number of hydrogen-bond acceptors (Lipinski definition) is 6. The van der Waals surface area contributed by atoms with Crippen LogP contribution in [0.15, 0.2) is 41.8 Å². The van der Waals surface area contributed by atoms with Crippen LogP contribution in [0.2, 0.25) is 0 Å². The molecule has 0 saturated carbocycles. The van der Waals surface area contributed by atoms with Gasteiger partial charge in [0.15, 0.2) is 5.00 Å². The molecule has 0 spiro atoms. The number of esters is 1. The maximum atomic E-state index is 12.5. The number of rotatable bonds is 7. The minimum Gasteiger partial charge on any atom is -0.466 e. The molecule has 1 amide bonds. The Kier molecular flexibility index (Phi) is 6.02. The van der Waals surface area contributed by atoms with Crippen LogP contribution in [0.1, 0.15) is 18.9 Å². The first-order valence-corrected chi connectivity index (χ1v) is 8.12. The van der Waals surface area contributed by atoms with E-state index in [1.165, 1.54) is 11.0 Å². The van der Waals surface area contributed by atoms with Crippen LogP contribution in [0.3, 0.4) is 0 Å².